The largest absolute Gasteiger partial charge is 0.480 e. The van der Waals surface area contributed by atoms with Crippen LogP contribution in [-0.2, 0) is 16.0 Å². The fourth-order valence-electron chi connectivity index (χ4n) is 3.10. The van der Waals surface area contributed by atoms with Crippen molar-refractivity contribution in [3.05, 3.63) is 78.4 Å². The van der Waals surface area contributed by atoms with Gasteiger partial charge in [0.2, 0.25) is 5.91 Å². The smallest absolute Gasteiger partial charge is 0.326 e. The number of hydrogen-bond donors (Lipinski definition) is 1. The van der Waals surface area contributed by atoms with Crippen LogP contribution in [0.3, 0.4) is 0 Å². The molecule has 0 spiro atoms. The van der Waals surface area contributed by atoms with Crippen molar-refractivity contribution in [2.24, 2.45) is 0 Å². The number of benzene rings is 3. The predicted octanol–water partition coefficient (Wildman–Crippen LogP) is 4.28. The lowest BCUT2D eigenvalue weighted by Crippen LogP contribution is -2.43. The second-order valence-corrected chi connectivity index (χ2v) is 6.26. The summed E-state index contributed by atoms with van der Waals surface area (Å²) in [4.78, 5) is 26.0. The number of carboxylic acid groups (broad SMARTS) is 1. The van der Waals surface area contributed by atoms with E-state index in [1.54, 1.807) is 6.92 Å². The number of aryl methyl sites for hydroxylation is 1. The van der Waals surface area contributed by atoms with Crippen LogP contribution >= 0.6 is 0 Å². The maximum Gasteiger partial charge on any atom is 0.326 e. The van der Waals surface area contributed by atoms with Gasteiger partial charge in [-0.3, -0.25) is 9.69 Å². The number of amides is 1. The van der Waals surface area contributed by atoms with Gasteiger partial charge in [-0.2, -0.15) is 0 Å². The Bertz CT molecular complexity index is 916. The average Bonchev–Trinajstić information content (AvgIpc) is 2.67. The van der Waals surface area contributed by atoms with Crippen LogP contribution in [0.1, 0.15) is 18.9 Å². The van der Waals surface area contributed by atoms with Crippen molar-refractivity contribution in [1.82, 2.24) is 0 Å². The van der Waals surface area contributed by atoms with E-state index in [1.165, 1.54) is 4.90 Å². The summed E-state index contributed by atoms with van der Waals surface area (Å²) in [5.74, 6) is -1.22. The topological polar surface area (TPSA) is 57.6 Å². The molecule has 3 aromatic rings. The van der Waals surface area contributed by atoms with Gasteiger partial charge in [0, 0.05) is 11.8 Å². The number of nitrogens with zero attached hydrogens (tertiary/aromatic N) is 1. The number of aliphatic carboxylic acids is 1. The third kappa shape index (κ3) is 3.75. The highest BCUT2D eigenvalue weighted by molar-refractivity contribution is 6.06. The average molecular weight is 347 g/mol. The highest BCUT2D eigenvalue weighted by Gasteiger charge is 2.28. The normalized spacial score (nSPS) is 11.9. The van der Waals surface area contributed by atoms with Gasteiger partial charge < -0.3 is 5.11 Å². The molecule has 132 valence electrons. The zero-order valence-corrected chi connectivity index (χ0v) is 14.6. The number of rotatable bonds is 6. The standard InChI is InChI=1S/C22H21NO3/c1-16(22(25)26)23(21(24)15-14-17-8-3-2-4-9-17)20-13-7-11-18-10-5-6-12-19(18)20/h2-13,16H,14-15H2,1H3,(H,25,26). The Hall–Kier alpha value is -3.14. The molecule has 0 saturated carbocycles. The van der Waals surface area contributed by atoms with Gasteiger partial charge >= 0.3 is 5.97 Å². The number of anilines is 1. The molecule has 26 heavy (non-hydrogen) atoms. The lowest BCUT2D eigenvalue weighted by molar-refractivity contribution is -0.139. The van der Waals surface area contributed by atoms with E-state index in [4.69, 9.17) is 0 Å². The van der Waals surface area contributed by atoms with Crippen molar-refractivity contribution in [3.63, 3.8) is 0 Å². The van der Waals surface area contributed by atoms with E-state index >= 15 is 0 Å². The molecule has 1 atom stereocenters. The van der Waals surface area contributed by atoms with E-state index < -0.39 is 12.0 Å². The number of hydrogen-bond acceptors (Lipinski definition) is 2. The molecule has 0 saturated heterocycles. The zero-order chi connectivity index (χ0) is 18.5. The van der Waals surface area contributed by atoms with Crippen LogP contribution in [0.4, 0.5) is 5.69 Å². The van der Waals surface area contributed by atoms with Crippen molar-refractivity contribution >= 4 is 28.3 Å². The molecule has 1 unspecified atom stereocenters. The summed E-state index contributed by atoms with van der Waals surface area (Å²) in [7, 11) is 0. The van der Waals surface area contributed by atoms with Gasteiger partial charge in [0.15, 0.2) is 0 Å². The fourth-order valence-corrected chi connectivity index (χ4v) is 3.10. The van der Waals surface area contributed by atoms with Crippen molar-refractivity contribution in [3.8, 4) is 0 Å². The van der Waals surface area contributed by atoms with Crippen molar-refractivity contribution in [2.75, 3.05) is 4.90 Å². The third-order valence-corrected chi connectivity index (χ3v) is 4.51. The first kappa shape index (κ1) is 17.7. The van der Waals surface area contributed by atoms with Crippen LogP contribution in [0.2, 0.25) is 0 Å². The first-order valence-corrected chi connectivity index (χ1v) is 8.64. The molecule has 0 heterocycles. The summed E-state index contributed by atoms with van der Waals surface area (Å²) in [5, 5.41) is 11.4. The Balaban J connectivity index is 1.94. The first-order valence-electron chi connectivity index (χ1n) is 8.64. The van der Waals surface area contributed by atoms with Gasteiger partial charge in [-0.25, -0.2) is 4.79 Å². The maximum atomic E-state index is 13.0. The molecule has 0 aliphatic heterocycles. The van der Waals surface area contributed by atoms with Crippen LogP contribution in [0, 0.1) is 0 Å². The molecule has 0 bridgehead atoms. The summed E-state index contributed by atoms with van der Waals surface area (Å²) in [6.07, 6.45) is 0.831. The first-order chi connectivity index (χ1) is 12.6. The van der Waals surface area contributed by atoms with Crippen LogP contribution < -0.4 is 4.90 Å². The van der Waals surface area contributed by atoms with E-state index in [0.29, 0.717) is 12.1 Å². The van der Waals surface area contributed by atoms with Gasteiger partial charge in [-0.05, 0) is 30.4 Å². The molecule has 0 aliphatic rings. The van der Waals surface area contributed by atoms with E-state index in [2.05, 4.69) is 0 Å². The second kappa shape index (κ2) is 7.83. The van der Waals surface area contributed by atoms with Crippen molar-refractivity contribution < 1.29 is 14.7 Å². The fraction of sp³-hybridized carbons (Fsp3) is 0.182. The zero-order valence-electron chi connectivity index (χ0n) is 14.6. The second-order valence-electron chi connectivity index (χ2n) is 6.26. The van der Waals surface area contributed by atoms with Gasteiger partial charge in [0.1, 0.15) is 6.04 Å². The van der Waals surface area contributed by atoms with Crippen LogP contribution in [0.25, 0.3) is 10.8 Å². The number of carbonyl (C=O) groups excluding carboxylic acids is 1. The van der Waals surface area contributed by atoms with E-state index in [1.807, 2.05) is 72.8 Å². The minimum absolute atomic E-state index is 0.194. The SMILES string of the molecule is CC(C(=O)O)N(C(=O)CCc1ccccc1)c1cccc2ccccc12. The molecule has 0 radical (unpaired) electrons. The highest BCUT2D eigenvalue weighted by atomic mass is 16.4. The molecule has 1 N–H and O–H groups in total. The lowest BCUT2D eigenvalue weighted by atomic mass is 10.0. The summed E-state index contributed by atoms with van der Waals surface area (Å²) < 4.78 is 0. The monoisotopic (exact) mass is 347 g/mol. The van der Waals surface area contributed by atoms with Crippen LogP contribution in [0.15, 0.2) is 72.8 Å². The van der Waals surface area contributed by atoms with E-state index in [9.17, 15) is 14.7 Å². The predicted molar refractivity (Wildman–Crippen MR) is 103 cm³/mol. The Morgan fingerprint density at radius 1 is 0.923 bits per heavy atom. The third-order valence-electron chi connectivity index (χ3n) is 4.51. The molecule has 4 nitrogen and oxygen atoms in total. The summed E-state index contributed by atoms with van der Waals surface area (Å²) in [6, 6.07) is 22.1. The number of carboxylic acids is 1. The molecule has 1 amide bonds. The summed E-state index contributed by atoms with van der Waals surface area (Å²) in [6.45, 7) is 1.55. The Kier molecular flexibility index (Phi) is 5.32. The van der Waals surface area contributed by atoms with Crippen LogP contribution in [-0.4, -0.2) is 23.0 Å². The molecular formula is C22H21NO3. The van der Waals surface area contributed by atoms with Crippen LogP contribution in [0.5, 0.6) is 0 Å². The lowest BCUT2D eigenvalue weighted by Gasteiger charge is -2.28. The van der Waals surface area contributed by atoms with Gasteiger partial charge in [-0.1, -0.05) is 66.7 Å². The highest BCUT2D eigenvalue weighted by Crippen LogP contribution is 2.29. The van der Waals surface area contributed by atoms with E-state index in [-0.39, 0.29) is 12.3 Å². The summed E-state index contributed by atoms with van der Waals surface area (Å²) >= 11 is 0. The summed E-state index contributed by atoms with van der Waals surface area (Å²) in [5.41, 5.74) is 1.69. The van der Waals surface area contributed by atoms with Gasteiger partial charge in [0.05, 0.1) is 5.69 Å². The van der Waals surface area contributed by atoms with Crippen molar-refractivity contribution in [1.29, 1.82) is 0 Å². The number of fused-ring (bicyclic) bond motifs is 1. The molecule has 0 fully saturated rings. The Morgan fingerprint density at radius 2 is 1.58 bits per heavy atom. The molecule has 4 heteroatoms. The molecule has 0 aromatic heterocycles. The Morgan fingerprint density at radius 3 is 2.31 bits per heavy atom. The van der Waals surface area contributed by atoms with Gasteiger partial charge in [0.25, 0.3) is 0 Å². The number of carbonyl (C=O) groups is 2. The molecular weight excluding hydrogens is 326 g/mol. The minimum atomic E-state index is -1.02. The maximum absolute atomic E-state index is 13.0. The van der Waals surface area contributed by atoms with Gasteiger partial charge in [-0.15, -0.1) is 0 Å². The Labute approximate surface area is 152 Å². The molecule has 3 aromatic carbocycles. The molecule has 0 aliphatic carbocycles. The van der Waals surface area contributed by atoms with Crippen molar-refractivity contribution in [2.45, 2.75) is 25.8 Å². The molecule has 3 rings (SSSR count). The quantitative estimate of drug-likeness (QED) is 0.724. The minimum Gasteiger partial charge on any atom is -0.480 e. The van der Waals surface area contributed by atoms with E-state index in [0.717, 1.165) is 16.3 Å².